The Hall–Kier alpha value is -0.330. The van der Waals surface area contributed by atoms with E-state index in [2.05, 4.69) is 27.7 Å². The molecule has 0 aliphatic heterocycles. The van der Waals surface area contributed by atoms with Gasteiger partial charge in [-0.3, -0.25) is 0 Å². The zero-order valence-corrected chi connectivity index (χ0v) is 10.1. The lowest BCUT2D eigenvalue weighted by Crippen LogP contribution is -2.12. The van der Waals surface area contributed by atoms with Crippen molar-refractivity contribution in [3.05, 3.63) is 0 Å². The van der Waals surface area contributed by atoms with E-state index in [4.69, 9.17) is 5.41 Å². The topological polar surface area (TPSA) is 23.9 Å². The van der Waals surface area contributed by atoms with Crippen molar-refractivity contribution in [3.63, 3.8) is 0 Å². The molecule has 1 fully saturated rings. The second-order valence-corrected chi connectivity index (χ2v) is 5.65. The van der Waals surface area contributed by atoms with Crippen molar-refractivity contribution in [2.24, 2.45) is 23.7 Å². The Balaban J connectivity index is 2.35. The van der Waals surface area contributed by atoms with Gasteiger partial charge in [-0.1, -0.05) is 34.1 Å². The summed E-state index contributed by atoms with van der Waals surface area (Å²) in [5, 5.41) is 7.95. The van der Waals surface area contributed by atoms with E-state index in [0.717, 1.165) is 24.0 Å². The molecule has 0 spiro atoms. The third-order valence-electron chi connectivity index (χ3n) is 3.50. The Morgan fingerprint density at radius 3 is 2.36 bits per heavy atom. The quantitative estimate of drug-likeness (QED) is 0.697. The Labute approximate surface area is 88.8 Å². The third-order valence-corrected chi connectivity index (χ3v) is 3.50. The lowest BCUT2D eigenvalue weighted by Gasteiger charge is -2.14. The molecule has 0 bridgehead atoms. The van der Waals surface area contributed by atoms with Gasteiger partial charge in [-0.05, 0) is 42.9 Å². The molecule has 1 saturated carbocycles. The molecule has 0 saturated heterocycles. The molecule has 1 aliphatic carbocycles. The Bertz CT molecular complexity index is 193. The van der Waals surface area contributed by atoms with Crippen LogP contribution in [0.25, 0.3) is 0 Å². The van der Waals surface area contributed by atoms with E-state index in [0.29, 0.717) is 11.8 Å². The molecule has 82 valence electrons. The highest BCUT2D eigenvalue weighted by molar-refractivity contribution is 5.86. The van der Waals surface area contributed by atoms with Crippen molar-refractivity contribution >= 4 is 5.71 Å². The molecule has 0 heterocycles. The first-order chi connectivity index (χ1) is 6.50. The largest absolute Gasteiger partial charge is 0.309 e. The number of nitrogens with one attached hydrogen (secondary N) is 1. The predicted octanol–water partition coefficient (Wildman–Crippen LogP) is 4.12. The first-order valence-corrected chi connectivity index (χ1v) is 6.08. The molecule has 1 rings (SSSR count). The van der Waals surface area contributed by atoms with Gasteiger partial charge in [0.1, 0.15) is 0 Å². The minimum Gasteiger partial charge on any atom is -0.309 e. The van der Waals surface area contributed by atoms with Crippen molar-refractivity contribution in [2.75, 3.05) is 0 Å². The molecule has 0 radical (unpaired) electrons. The lowest BCUT2D eigenvalue weighted by molar-refractivity contribution is 0.381. The summed E-state index contributed by atoms with van der Waals surface area (Å²) >= 11 is 0. The van der Waals surface area contributed by atoms with Crippen LogP contribution in [0, 0.1) is 29.1 Å². The van der Waals surface area contributed by atoms with Crippen molar-refractivity contribution in [1.82, 2.24) is 0 Å². The lowest BCUT2D eigenvalue weighted by atomic mass is 9.91. The highest BCUT2D eigenvalue weighted by Gasteiger charge is 2.31. The maximum atomic E-state index is 7.95. The SMILES string of the molecule is CC(C)CCC1CC(=N)C(C(C)C)C1. The van der Waals surface area contributed by atoms with E-state index in [1.54, 1.807) is 0 Å². The fourth-order valence-corrected chi connectivity index (χ4v) is 2.51. The molecule has 1 nitrogen and oxygen atoms in total. The molecule has 2 unspecified atom stereocenters. The van der Waals surface area contributed by atoms with E-state index in [1.165, 1.54) is 19.3 Å². The molecule has 2 atom stereocenters. The number of hydrogen-bond donors (Lipinski definition) is 1. The molecule has 1 heteroatoms. The maximum absolute atomic E-state index is 7.95. The zero-order valence-electron chi connectivity index (χ0n) is 10.1. The van der Waals surface area contributed by atoms with Crippen LogP contribution in [0.2, 0.25) is 0 Å². The zero-order chi connectivity index (χ0) is 10.7. The first-order valence-electron chi connectivity index (χ1n) is 6.08. The predicted molar refractivity (Wildman–Crippen MR) is 62.9 cm³/mol. The minimum atomic E-state index is 0.590. The van der Waals surface area contributed by atoms with Gasteiger partial charge in [0.05, 0.1) is 0 Å². The maximum Gasteiger partial charge on any atom is 0.0125 e. The highest BCUT2D eigenvalue weighted by Crippen LogP contribution is 2.36. The summed E-state index contributed by atoms with van der Waals surface area (Å²) in [7, 11) is 0. The molecule has 0 aromatic carbocycles. The number of rotatable bonds is 4. The summed E-state index contributed by atoms with van der Waals surface area (Å²) in [4.78, 5) is 0. The van der Waals surface area contributed by atoms with Gasteiger partial charge in [0.25, 0.3) is 0 Å². The Morgan fingerprint density at radius 1 is 1.29 bits per heavy atom. The second-order valence-electron chi connectivity index (χ2n) is 5.65. The van der Waals surface area contributed by atoms with Crippen LogP contribution in [-0.4, -0.2) is 5.71 Å². The van der Waals surface area contributed by atoms with Gasteiger partial charge < -0.3 is 5.41 Å². The van der Waals surface area contributed by atoms with Crippen LogP contribution in [0.5, 0.6) is 0 Å². The molecule has 0 aromatic heterocycles. The van der Waals surface area contributed by atoms with Gasteiger partial charge in [-0.15, -0.1) is 0 Å². The fraction of sp³-hybridized carbons (Fsp3) is 0.923. The fourth-order valence-electron chi connectivity index (χ4n) is 2.51. The van der Waals surface area contributed by atoms with Crippen LogP contribution in [0.15, 0.2) is 0 Å². The van der Waals surface area contributed by atoms with Crippen LogP contribution in [-0.2, 0) is 0 Å². The first kappa shape index (κ1) is 11.7. The molecular formula is C13H25N. The van der Waals surface area contributed by atoms with Crippen LogP contribution < -0.4 is 0 Å². The molecule has 1 aliphatic rings. The molecular weight excluding hydrogens is 170 g/mol. The summed E-state index contributed by atoms with van der Waals surface area (Å²) < 4.78 is 0. The van der Waals surface area contributed by atoms with Crippen LogP contribution in [0.3, 0.4) is 0 Å². The average molecular weight is 195 g/mol. The van der Waals surface area contributed by atoms with E-state index >= 15 is 0 Å². The van der Waals surface area contributed by atoms with Crippen LogP contribution >= 0.6 is 0 Å². The second kappa shape index (κ2) is 4.95. The minimum absolute atomic E-state index is 0.590. The summed E-state index contributed by atoms with van der Waals surface area (Å²) in [6.45, 7) is 9.09. The number of hydrogen-bond acceptors (Lipinski definition) is 1. The van der Waals surface area contributed by atoms with Gasteiger partial charge in [0.2, 0.25) is 0 Å². The van der Waals surface area contributed by atoms with Gasteiger partial charge in [-0.25, -0.2) is 0 Å². The van der Waals surface area contributed by atoms with Crippen molar-refractivity contribution in [1.29, 1.82) is 5.41 Å². The monoisotopic (exact) mass is 195 g/mol. The molecule has 1 N–H and O–H groups in total. The van der Waals surface area contributed by atoms with E-state index in [9.17, 15) is 0 Å². The normalized spacial score (nSPS) is 28.0. The van der Waals surface area contributed by atoms with Crippen LogP contribution in [0.1, 0.15) is 53.4 Å². The Morgan fingerprint density at radius 2 is 1.93 bits per heavy atom. The van der Waals surface area contributed by atoms with E-state index in [1.807, 2.05) is 0 Å². The van der Waals surface area contributed by atoms with E-state index in [-0.39, 0.29) is 0 Å². The Kier molecular flexibility index (Phi) is 4.15. The van der Waals surface area contributed by atoms with E-state index < -0.39 is 0 Å². The van der Waals surface area contributed by atoms with Gasteiger partial charge in [0.15, 0.2) is 0 Å². The van der Waals surface area contributed by atoms with Crippen LogP contribution in [0.4, 0.5) is 0 Å². The van der Waals surface area contributed by atoms with Gasteiger partial charge >= 0.3 is 0 Å². The summed E-state index contributed by atoms with van der Waals surface area (Å²) in [6, 6.07) is 0. The standard InChI is InChI=1S/C13H25N/c1-9(2)5-6-11-7-12(10(3)4)13(14)8-11/h9-12,14H,5-8H2,1-4H3. The van der Waals surface area contributed by atoms with Crippen molar-refractivity contribution in [3.8, 4) is 0 Å². The highest BCUT2D eigenvalue weighted by atomic mass is 14.5. The summed E-state index contributed by atoms with van der Waals surface area (Å²) in [5.74, 6) is 2.90. The molecule has 14 heavy (non-hydrogen) atoms. The summed E-state index contributed by atoms with van der Waals surface area (Å²) in [5.41, 5.74) is 1.02. The van der Waals surface area contributed by atoms with Crippen molar-refractivity contribution < 1.29 is 0 Å². The smallest absolute Gasteiger partial charge is 0.0125 e. The molecule has 0 amide bonds. The third kappa shape index (κ3) is 3.11. The van der Waals surface area contributed by atoms with Gasteiger partial charge in [0, 0.05) is 5.71 Å². The molecule has 0 aromatic rings. The average Bonchev–Trinajstić information content (AvgIpc) is 2.43. The van der Waals surface area contributed by atoms with Gasteiger partial charge in [-0.2, -0.15) is 0 Å². The van der Waals surface area contributed by atoms with Crippen molar-refractivity contribution in [2.45, 2.75) is 53.4 Å². The summed E-state index contributed by atoms with van der Waals surface area (Å²) in [6.07, 6.45) is 5.03.